The highest BCUT2D eigenvalue weighted by atomic mass is 16.3. The second kappa shape index (κ2) is 7.44. The van der Waals surface area contributed by atoms with E-state index >= 15 is 0 Å². The number of furan rings is 1. The van der Waals surface area contributed by atoms with Crippen LogP contribution >= 0.6 is 0 Å². The van der Waals surface area contributed by atoms with Crippen molar-refractivity contribution in [2.75, 3.05) is 19.6 Å². The molecule has 1 aromatic carbocycles. The smallest absolute Gasteiger partial charge is 0.122 e. The van der Waals surface area contributed by atoms with Crippen LogP contribution in [0.1, 0.15) is 31.2 Å². The third kappa shape index (κ3) is 3.63. The predicted octanol–water partition coefficient (Wildman–Crippen LogP) is 3.33. The maximum Gasteiger partial charge on any atom is 0.122 e. The molecular weight excluding hydrogens is 288 g/mol. The minimum Gasteiger partial charge on any atom is -0.468 e. The number of rotatable bonds is 8. The number of aromatic amines is 1. The Bertz CT molecular complexity index is 716. The highest BCUT2D eigenvalue weighted by molar-refractivity contribution is 5.78. The molecule has 5 heteroatoms. The van der Waals surface area contributed by atoms with E-state index in [0.717, 1.165) is 42.8 Å². The van der Waals surface area contributed by atoms with Crippen LogP contribution in [-0.4, -0.2) is 34.7 Å². The summed E-state index contributed by atoms with van der Waals surface area (Å²) >= 11 is 0. The van der Waals surface area contributed by atoms with Crippen LogP contribution in [0.2, 0.25) is 0 Å². The van der Waals surface area contributed by atoms with Gasteiger partial charge in [-0.2, -0.15) is 5.10 Å². The third-order valence-corrected chi connectivity index (χ3v) is 4.30. The van der Waals surface area contributed by atoms with E-state index in [1.807, 2.05) is 12.3 Å². The highest BCUT2D eigenvalue weighted by Gasteiger charge is 2.19. The summed E-state index contributed by atoms with van der Waals surface area (Å²) in [4.78, 5) is 2.41. The molecule has 0 bridgehead atoms. The monoisotopic (exact) mass is 312 g/mol. The number of nitrogens with one attached hydrogen (secondary N) is 2. The number of fused-ring (bicyclic) bond motifs is 1. The van der Waals surface area contributed by atoms with Crippen LogP contribution in [0.25, 0.3) is 10.9 Å². The van der Waals surface area contributed by atoms with Crippen LogP contribution in [0.15, 0.2) is 47.2 Å². The second-order valence-corrected chi connectivity index (χ2v) is 5.67. The number of nitrogens with zero attached hydrogens (tertiary/aromatic N) is 2. The molecule has 2 aromatic heterocycles. The van der Waals surface area contributed by atoms with E-state index in [0.29, 0.717) is 0 Å². The van der Waals surface area contributed by atoms with Gasteiger partial charge in [-0.25, -0.2) is 0 Å². The van der Waals surface area contributed by atoms with Crippen molar-refractivity contribution < 1.29 is 4.42 Å². The minimum atomic E-state index is 0.260. The van der Waals surface area contributed by atoms with Gasteiger partial charge in [0, 0.05) is 18.5 Å². The Hall–Kier alpha value is -2.11. The van der Waals surface area contributed by atoms with E-state index in [9.17, 15) is 0 Å². The summed E-state index contributed by atoms with van der Waals surface area (Å²) in [6.45, 7) is 8.06. The zero-order chi connectivity index (χ0) is 16.1. The summed E-state index contributed by atoms with van der Waals surface area (Å²) in [5, 5.41) is 11.8. The van der Waals surface area contributed by atoms with Crippen molar-refractivity contribution in [1.82, 2.24) is 20.4 Å². The van der Waals surface area contributed by atoms with Crippen molar-refractivity contribution in [3.05, 3.63) is 54.1 Å². The van der Waals surface area contributed by atoms with E-state index in [2.05, 4.69) is 58.5 Å². The number of benzene rings is 1. The van der Waals surface area contributed by atoms with E-state index in [4.69, 9.17) is 4.42 Å². The molecule has 0 amide bonds. The summed E-state index contributed by atoms with van der Waals surface area (Å²) in [6.07, 6.45) is 3.60. The first-order chi connectivity index (χ1) is 11.3. The maximum absolute atomic E-state index is 5.64. The van der Waals surface area contributed by atoms with E-state index < -0.39 is 0 Å². The average molecular weight is 312 g/mol. The molecule has 0 saturated heterocycles. The van der Waals surface area contributed by atoms with E-state index in [1.54, 1.807) is 6.26 Å². The molecule has 5 nitrogen and oxygen atoms in total. The molecule has 2 heterocycles. The van der Waals surface area contributed by atoms with Crippen molar-refractivity contribution in [1.29, 1.82) is 0 Å². The van der Waals surface area contributed by atoms with Gasteiger partial charge in [0.05, 0.1) is 24.0 Å². The van der Waals surface area contributed by atoms with Crippen LogP contribution in [0.5, 0.6) is 0 Å². The molecule has 23 heavy (non-hydrogen) atoms. The lowest BCUT2D eigenvalue weighted by atomic mass is 10.1. The Morgan fingerprint density at radius 3 is 2.87 bits per heavy atom. The van der Waals surface area contributed by atoms with Crippen molar-refractivity contribution in [3.8, 4) is 0 Å². The van der Waals surface area contributed by atoms with E-state index in [1.165, 1.54) is 5.56 Å². The third-order valence-electron chi connectivity index (χ3n) is 4.30. The van der Waals surface area contributed by atoms with Gasteiger partial charge >= 0.3 is 0 Å². The molecular formula is C18H24N4O. The van der Waals surface area contributed by atoms with Crippen LogP contribution in [0.3, 0.4) is 0 Å². The summed E-state index contributed by atoms with van der Waals surface area (Å²) in [6, 6.07) is 10.7. The fourth-order valence-electron chi connectivity index (χ4n) is 3.00. The zero-order valence-corrected chi connectivity index (χ0v) is 13.7. The van der Waals surface area contributed by atoms with Crippen molar-refractivity contribution in [2.45, 2.75) is 26.4 Å². The quantitative estimate of drug-likeness (QED) is 0.670. The van der Waals surface area contributed by atoms with Crippen molar-refractivity contribution >= 4 is 10.9 Å². The standard InChI is InChI=1S/C18H24N4O/c1-3-22(4-2)17(18-6-5-9-23-18)13-19-11-14-7-8-15-12-20-21-16(15)10-14/h5-10,12,17,19H,3-4,11,13H2,1-2H3,(H,20,21). The normalized spacial score (nSPS) is 13.0. The molecule has 0 radical (unpaired) electrons. The summed E-state index contributed by atoms with van der Waals surface area (Å²) in [5.41, 5.74) is 2.33. The fraction of sp³-hybridized carbons (Fsp3) is 0.389. The molecule has 0 aliphatic carbocycles. The molecule has 3 rings (SSSR count). The Morgan fingerprint density at radius 2 is 2.13 bits per heavy atom. The molecule has 0 spiro atoms. The first-order valence-corrected chi connectivity index (χ1v) is 8.22. The van der Waals surface area contributed by atoms with Gasteiger partial charge in [0.1, 0.15) is 5.76 Å². The fourth-order valence-corrected chi connectivity index (χ4v) is 3.00. The van der Waals surface area contributed by atoms with Crippen molar-refractivity contribution in [3.63, 3.8) is 0 Å². The van der Waals surface area contributed by atoms with Gasteiger partial charge in [0.15, 0.2) is 0 Å². The van der Waals surface area contributed by atoms with E-state index in [-0.39, 0.29) is 6.04 Å². The van der Waals surface area contributed by atoms with Gasteiger partial charge in [0.2, 0.25) is 0 Å². The lowest BCUT2D eigenvalue weighted by Gasteiger charge is -2.28. The zero-order valence-electron chi connectivity index (χ0n) is 13.7. The molecule has 0 saturated carbocycles. The van der Waals surface area contributed by atoms with Crippen LogP contribution in [0, 0.1) is 0 Å². The largest absolute Gasteiger partial charge is 0.468 e. The number of likely N-dealkylation sites (N-methyl/N-ethyl adjacent to an activating group) is 1. The molecule has 0 fully saturated rings. The molecule has 2 N–H and O–H groups in total. The van der Waals surface area contributed by atoms with Gasteiger partial charge in [-0.15, -0.1) is 0 Å². The Kier molecular flexibility index (Phi) is 5.10. The van der Waals surface area contributed by atoms with Gasteiger partial charge in [-0.05, 0) is 36.9 Å². The molecule has 0 aliphatic heterocycles. The van der Waals surface area contributed by atoms with Gasteiger partial charge < -0.3 is 9.73 Å². The van der Waals surface area contributed by atoms with Crippen LogP contribution < -0.4 is 5.32 Å². The molecule has 0 aliphatic rings. The Labute approximate surface area is 136 Å². The lowest BCUT2D eigenvalue weighted by Crippen LogP contribution is -2.35. The van der Waals surface area contributed by atoms with Crippen LogP contribution in [0.4, 0.5) is 0 Å². The molecule has 1 unspecified atom stereocenters. The number of hydrogen-bond donors (Lipinski definition) is 2. The summed E-state index contributed by atoms with van der Waals surface area (Å²) < 4.78 is 5.64. The van der Waals surface area contributed by atoms with Gasteiger partial charge in [-0.3, -0.25) is 10.00 Å². The molecule has 122 valence electrons. The van der Waals surface area contributed by atoms with Crippen LogP contribution in [-0.2, 0) is 6.54 Å². The Morgan fingerprint density at radius 1 is 1.26 bits per heavy atom. The highest BCUT2D eigenvalue weighted by Crippen LogP contribution is 2.20. The number of aromatic nitrogens is 2. The summed E-state index contributed by atoms with van der Waals surface area (Å²) in [5.74, 6) is 1.02. The second-order valence-electron chi connectivity index (χ2n) is 5.67. The predicted molar refractivity (Wildman–Crippen MR) is 92.2 cm³/mol. The first kappa shape index (κ1) is 15.8. The van der Waals surface area contributed by atoms with Gasteiger partial charge in [0.25, 0.3) is 0 Å². The summed E-state index contributed by atoms with van der Waals surface area (Å²) in [7, 11) is 0. The topological polar surface area (TPSA) is 57.1 Å². The maximum atomic E-state index is 5.64. The first-order valence-electron chi connectivity index (χ1n) is 8.22. The number of H-pyrrole nitrogens is 1. The Balaban J connectivity index is 1.64. The molecule has 1 atom stereocenters. The SMILES string of the molecule is CCN(CC)C(CNCc1ccc2cn[nH]c2c1)c1ccco1. The van der Waals surface area contributed by atoms with Crippen molar-refractivity contribution in [2.24, 2.45) is 0 Å². The molecule has 3 aromatic rings. The van der Waals surface area contributed by atoms with Gasteiger partial charge in [-0.1, -0.05) is 26.0 Å². The lowest BCUT2D eigenvalue weighted by molar-refractivity contribution is 0.188. The average Bonchev–Trinajstić information content (AvgIpc) is 3.25. The minimum absolute atomic E-state index is 0.260. The number of hydrogen-bond acceptors (Lipinski definition) is 4.